The smallest absolute Gasteiger partial charge is 0.314 e. The van der Waals surface area contributed by atoms with Gasteiger partial charge in [-0.1, -0.05) is 13.0 Å². The largest absolute Gasteiger partial charge is 0.389 e. The molecule has 20 heavy (non-hydrogen) atoms. The van der Waals surface area contributed by atoms with Crippen LogP contribution in [-0.4, -0.2) is 23.7 Å². The third-order valence-corrected chi connectivity index (χ3v) is 3.93. The predicted molar refractivity (Wildman–Crippen MR) is 72.7 cm³/mol. The lowest BCUT2D eigenvalue weighted by atomic mass is 9.80. The van der Waals surface area contributed by atoms with Gasteiger partial charge < -0.3 is 5.32 Å². The number of rotatable bonds is 5. The maximum atomic E-state index is 12.5. The first kappa shape index (κ1) is 15.3. The van der Waals surface area contributed by atoms with E-state index in [1.54, 1.807) is 6.20 Å². The first-order valence-corrected chi connectivity index (χ1v) is 7.25. The number of aromatic nitrogens is 1. The zero-order valence-corrected chi connectivity index (χ0v) is 11.7. The minimum atomic E-state index is -4.09. The Kier molecular flexibility index (Phi) is 5.02. The Bertz CT molecular complexity index is 431. The molecule has 2 unspecified atom stereocenters. The van der Waals surface area contributed by atoms with Crippen LogP contribution >= 0.6 is 0 Å². The molecule has 0 amide bonds. The summed E-state index contributed by atoms with van der Waals surface area (Å²) in [5.41, 5.74) is 2.19. The van der Waals surface area contributed by atoms with Gasteiger partial charge >= 0.3 is 6.18 Å². The van der Waals surface area contributed by atoms with Gasteiger partial charge in [0.15, 0.2) is 0 Å². The molecule has 1 N–H and O–H groups in total. The number of alkyl halides is 3. The van der Waals surface area contributed by atoms with Crippen LogP contribution in [-0.2, 0) is 6.42 Å². The van der Waals surface area contributed by atoms with E-state index >= 15 is 0 Å². The average molecular weight is 286 g/mol. The molecule has 0 aromatic carbocycles. The summed E-state index contributed by atoms with van der Waals surface area (Å²) in [6.45, 7) is 2.62. The van der Waals surface area contributed by atoms with E-state index in [1.165, 1.54) is 5.56 Å². The van der Waals surface area contributed by atoms with Crippen molar-refractivity contribution >= 4 is 0 Å². The fourth-order valence-corrected chi connectivity index (χ4v) is 3.06. The van der Waals surface area contributed by atoms with Gasteiger partial charge in [-0.2, -0.15) is 13.2 Å². The Morgan fingerprint density at radius 2 is 2.25 bits per heavy atom. The summed E-state index contributed by atoms with van der Waals surface area (Å²) in [7, 11) is 0. The summed E-state index contributed by atoms with van der Waals surface area (Å²) in [6.07, 6.45) is -0.0326. The second-order valence-corrected chi connectivity index (χ2v) is 5.36. The van der Waals surface area contributed by atoms with Gasteiger partial charge in [-0.3, -0.25) is 4.98 Å². The van der Waals surface area contributed by atoms with E-state index in [-0.39, 0.29) is 18.4 Å². The minimum absolute atomic E-state index is 0.0993. The topological polar surface area (TPSA) is 24.9 Å². The third kappa shape index (κ3) is 3.95. The van der Waals surface area contributed by atoms with Gasteiger partial charge in [0.25, 0.3) is 0 Å². The van der Waals surface area contributed by atoms with E-state index in [1.807, 2.05) is 19.1 Å². The second-order valence-electron chi connectivity index (χ2n) is 5.36. The van der Waals surface area contributed by atoms with Crippen LogP contribution in [0.5, 0.6) is 0 Å². The fraction of sp³-hybridized carbons (Fsp3) is 0.667. The number of nitrogens with zero attached hydrogens (tertiary/aromatic N) is 1. The molecule has 112 valence electrons. The summed E-state index contributed by atoms with van der Waals surface area (Å²) in [5, 5.41) is 3.23. The van der Waals surface area contributed by atoms with E-state index in [9.17, 15) is 13.2 Å². The lowest BCUT2D eigenvalue weighted by Gasteiger charge is -2.32. The first-order chi connectivity index (χ1) is 9.51. The molecule has 0 radical (unpaired) electrons. The van der Waals surface area contributed by atoms with Gasteiger partial charge in [0.05, 0.1) is 0 Å². The van der Waals surface area contributed by atoms with Crippen LogP contribution in [0.3, 0.4) is 0 Å². The third-order valence-electron chi connectivity index (χ3n) is 3.93. The number of aryl methyl sites for hydroxylation is 1. The molecule has 0 fully saturated rings. The van der Waals surface area contributed by atoms with Gasteiger partial charge in [-0.05, 0) is 43.9 Å². The van der Waals surface area contributed by atoms with Crippen LogP contribution in [0.15, 0.2) is 18.3 Å². The van der Waals surface area contributed by atoms with Gasteiger partial charge in [-0.15, -0.1) is 0 Å². The number of halogens is 3. The number of nitrogens with one attached hydrogen (secondary N) is 1. The van der Waals surface area contributed by atoms with Gasteiger partial charge in [0.2, 0.25) is 0 Å². The van der Waals surface area contributed by atoms with Crippen LogP contribution in [0.4, 0.5) is 13.2 Å². The molecule has 1 aliphatic carbocycles. The zero-order chi connectivity index (χ0) is 14.6. The summed E-state index contributed by atoms with van der Waals surface area (Å²) in [5.74, 6) is 0.0993. The molecule has 0 bridgehead atoms. The van der Waals surface area contributed by atoms with Gasteiger partial charge in [0.1, 0.15) is 0 Å². The van der Waals surface area contributed by atoms with Crippen LogP contribution in [0.2, 0.25) is 0 Å². The maximum absolute atomic E-state index is 12.5. The molecule has 0 aliphatic heterocycles. The molecule has 2 rings (SSSR count). The van der Waals surface area contributed by atoms with Crippen molar-refractivity contribution in [2.24, 2.45) is 0 Å². The molecular weight excluding hydrogens is 265 g/mol. The SMILES string of the molecule is CCNC(CCC(F)(F)F)C1CCCc2cccnc21. The maximum Gasteiger partial charge on any atom is 0.389 e. The van der Waals surface area contributed by atoms with Gasteiger partial charge in [-0.25, -0.2) is 0 Å². The van der Waals surface area contributed by atoms with Crippen molar-refractivity contribution < 1.29 is 13.2 Å². The van der Waals surface area contributed by atoms with Crippen molar-refractivity contribution in [3.63, 3.8) is 0 Å². The fourth-order valence-electron chi connectivity index (χ4n) is 3.06. The van der Waals surface area contributed by atoms with Crippen LogP contribution in [0.1, 0.15) is 49.8 Å². The molecule has 0 spiro atoms. The molecule has 1 aromatic rings. The highest BCUT2D eigenvalue weighted by Crippen LogP contribution is 2.35. The Morgan fingerprint density at radius 3 is 2.95 bits per heavy atom. The highest BCUT2D eigenvalue weighted by Gasteiger charge is 2.33. The van der Waals surface area contributed by atoms with Gasteiger partial charge in [0, 0.05) is 30.3 Å². The van der Waals surface area contributed by atoms with E-state index < -0.39 is 12.6 Å². The van der Waals surface area contributed by atoms with Crippen molar-refractivity contribution in [2.45, 2.75) is 57.2 Å². The Balaban J connectivity index is 2.13. The molecule has 2 nitrogen and oxygen atoms in total. The second kappa shape index (κ2) is 6.57. The van der Waals surface area contributed by atoms with Crippen LogP contribution in [0.25, 0.3) is 0 Å². The minimum Gasteiger partial charge on any atom is -0.314 e. The first-order valence-electron chi connectivity index (χ1n) is 7.25. The Hall–Kier alpha value is -1.10. The van der Waals surface area contributed by atoms with Crippen molar-refractivity contribution in [3.05, 3.63) is 29.6 Å². The average Bonchev–Trinajstić information content (AvgIpc) is 2.42. The zero-order valence-electron chi connectivity index (χ0n) is 11.7. The van der Waals surface area contributed by atoms with Crippen molar-refractivity contribution in [2.75, 3.05) is 6.54 Å². The lowest BCUT2D eigenvalue weighted by molar-refractivity contribution is -0.137. The monoisotopic (exact) mass is 286 g/mol. The van der Waals surface area contributed by atoms with E-state index in [0.29, 0.717) is 6.54 Å². The molecule has 5 heteroatoms. The number of hydrogen-bond acceptors (Lipinski definition) is 2. The molecule has 1 aliphatic rings. The number of fused-ring (bicyclic) bond motifs is 1. The molecule has 1 aromatic heterocycles. The van der Waals surface area contributed by atoms with E-state index in [2.05, 4.69) is 10.3 Å². The standard InChI is InChI=1S/C15H21F3N2/c1-2-19-13(8-9-15(16,17)18)12-7-3-5-11-6-4-10-20-14(11)12/h4,6,10,12-13,19H,2-3,5,7-9H2,1H3. The molecule has 0 saturated heterocycles. The van der Waals surface area contributed by atoms with Crippen molar-refractivity contribution in [1.82, 2.24) is 10.3 Å². The highest BCUT2D eigenvalue weighted by atomic mass is 19.4. The van der Waals surface area contributed by atoms with Crippen LogP contribution in [0, 0.1) is 0 Å². The summed E-state index contributed by atoms with van der Waals surface area (Å²) >= 11 is 0. The molecular formula is C15H21F3N2. The summed E-state index contributed by atoms with van der Waals surface area (Å²) in [6, 6.07) is 3.80. The lowest BCUT2D eigenvalue weighted by Crippen LogP contribution is -2.37. The van der Waals surface area contributed by atoms with E-state index in [4.69, 9.17) is 0 Å². The van der Waals surface area contributed by atoms with Crippen LogP contribution < -0.4 is 5.32 Å². The van der Waals surface area contributed by atoms with Crippen molar-refractivity contribution in [1.29, 1.82) is 0 Å². The normalized spacial score (nSPS) is 20.5. The Morgan fingerprint density at radius 1 is 1.45 bits per heavy atom. The number of hydrogen-bond donors (Lipinski definition) is 1. The quantitative estimate of drug-likeness (QED) is 0.890. The predicted octanol–water partition coefficient (Wildman–Crippen LogP) is 3.82. The van der Waals surface area contributed by atoms with Crippen molar-refractivity contribution in [3.8, 4) is 0 Å². The van der Waals surface area contributed by atoms with E-state index in [0.717, 1.165) is 25.0 Å². The molecule has 1 heterocycles. The molecule has 0 saturated carbocycles. The summed E-state index contributed by atoms with van der Waals surface area (Å²) in [4.78, 5) is 4.43. The number of pyridine rings is 1. The molecule has 2 atom stereocenters. The number of likely N-dealkylation sites (N-methyl/N-ethyl adjacent to an activating group) is 1. The highest BCUT2D eigenvalue weighted by molar-refractivity contribution is 5.27. The summed E-state index contributed by atoms with van der Waals surface area (Å²) < 4.78 is 37.4. The Labute approximate surface area is 117 Å².